The predicted octanol–water partition coefficient (Wildman–Crippen LogP) is 5.00. The molecular formula is C19H19F6NO3S2. The number of hydrogen-bond acceptors (Lipinski definition) is 3. The number of benzene rings is 2. The molecule has 0 spiro atoms. The van der Waals surface area contributed by atoms with Crippen molar-refractivity contribution < 1.29 is 39.0 Å². The van der Waals surface area contributed by atoms with E-state index in [0.717, 1.165) is 12.1 Å². The average Bonchev–Trinajstić information content (AvgIpc) is 2.65. The van der Waals surface area contributed by atoms with Crippen LogP contribution in [-0.2, 0) is 27.0 Å². The van der Waals surface area contributed by atoms with Gasteiger partial charge in [0, 0.05) is 5.56 Å². The van der Waals surface area contributed by atoms with E-state index in [9.17, 15) is 30.2 Å². The Morgan fingerprint density at radius 3 is 1.94 bits per heavy atom. The highest BCUT2D eigenvalue weighted by molar-refractivity contribution is 7.92. The van der Waals surface area contributed by atoms with Crippen molar-refractivity contribution in [2.24, 2.45) is 0 Å². The summed E-state index contributed by atoms with van der Waals surface area (Å²) in [7, 11) is -7.77. The quantitative estimate of drug-likeness (QED) is 0.583. The summed E-state index contributed by atoms with van der Waals surface area (Å²) >= 11 is 0. The molecule has 4 nitrogen and oxygen atoms in total. The Bertz CT molecular complexity index is 1060. The average molecular weight is 487 g/mol. The van der Waals surface area contributed by atoms with Crippen molar-refractivity contribution in [1.29, 1.82) is 0 Å². The van der Waals surface area contributed by atoms with Crippen molar-refractivity contribution in [3.63, 3.8) is 0 Å². The molecule has 0 amide bonds. The van der Waals surface area contributed by atoms with E-state index in [-0.39, 0.29) is 6.07 Å². The first-order valence-electron chi connectivity index (χ1n) is 8.72. The molecular weight excluding hydrogens is 468 g/mol. The van der Waals surface area contributed by atoms with Gasteiger partial charge in [-0.1, -0.05) is 24.3 Å². The summed E-state index contributed by atoms with van der Waals surface area (Å²) in [6, 6.07) is 3.55. The van der Waals surface area contributed by atoms with Gasteiger partial charge in [-0.2, -0.15) is 22.0 Å². The second-order valence-electron chi connectivity index (χ2n) is 7.54. The van der Waals surface area contributed by atoms with Gasteiger partial charge in [0.05, 0.1) is 26.2 Å². The molecule has 0 aliphatic carbocycles. The van der Waals surface area contributed by atoms with Gasteiger partial charge in [-0.05, 0) is 45.0 Å². The van der Waals surface area contributed by atoms with Gasteiger partial charge in [0.1, 0.15) is 11.9 Å². The summed E-state index contributed by atoms with van der Waals surface area (Å²) < 4.78 is 122. The highest BCUT2D eigenvalue weighted by Gasteiger charge is 2.55. The zero-order chi connectivity index (χ0) is 23.8. The highest BCUT2D eigenvalue weighted by Crippen LogP contribution is 2.42. The fraction of sp³-hybridized carbons (Fsp3) is 0.368. The molecule has 0 fully saturated rings. The number of rotatable bonds is 6. The van der Waals surface area contributed by atoms with E-state index >= 15 is 8.78 Å². The Morgan fingerprint density at radius 1 is 0.935 bits per heavy atom. The predicted molar refractivity (Wildman–Crippen MR) is 104 cm³/mol. The number of alkyl halides is 5. The Kier molecular flexibility index (Phi) is 6.99. The zero-order valence-electron chi connectivity index (χ0n) is 16.5. The second kappa shape index (κ2) is 8.55. The summed E-state index contributed by atoms with van der Waals surface area (Å²) in [6.07, 6.45) is -4.95. The number of halogens is 6. The lowest BCUT2D eigenvalue weighted by molar-refractivity contribution is -0.137. The third-order valence-corrected chi connectivity index (χ3v) is 7.57. The molecule has 1 N–H and O–H groups in total. The van der Waals surface area contributed by atoms with Crippen LogP contribution in [0.2, 0.25) is 0 Å². The van der Waals surface area contributed by atoms with Gasteiger partial charge in [-0.15, -0.1) is 0 Å². The molecule has 0 heterocycles. The number of nitrogens with one attached hydrogen (secondary N) is 1. The van der Waals surface area contributed by atoms with E-state index in [1.807, 2.05) is 4.72 Å². The lowest BCUT2D eigenvalue weighted by atomic mass is 10.0. The summed E-state index contributed by atoms with van der Waals surface area (Å²) in [6.45, 7) is 4.17. The van der Waals surface area contributed by atoms with Gasteiger partial charge in [-0.3, -0.25) is 0 Å². The second-order valence-corrected chi connectivity index (χ2v) is 11.6. The van der Waals surface area contributed by atoms with Gasteiger partial charge in [0.15, 0.2) is 0 Å². The minimum absolute atomic E-state index is 0.0186. The maximum atomic E-state index is 15.3. The third kappa shape index (κ3) is 5.29. The van der Waals surface area contributed by atoms with E-state index in [1.54, 1.807) is 0 Å². The molecule has 1 unspecified atom stereocenters. The van der Waals surface area contributed by atoms with Crippen LogP contribution in [0.25, 0.3) is 0 Å². The van der Waals surface area contributed by atoms with Gasteiger partial charge >= 0.3 is 11.4 Å². The highest BCUT2D eigenvalue weighted by atomic mass is 32.2. The molecule has 12 heteroatoms. The molecule has 172 valence electrons. The van der Waals surface area contributed by atoms with Crippen LogP contribution in [-0.4, -0.2) is 22.6 Å². The summed E-state index contributed by atoms with van der Waals surface area (Å²) in [5.74, 6) is -1.72. The largest absolute Gasteiger partial charge is 0.416 e. The van der Waals surface area contributed by atoms with Crippen molar-refractivity contribution in [2.75, 3.05) is 0 Å². The Labute approximate surface area is 178 Å². The molecule has 2 aromatic carbocycles. The van der Waals surface area contributed by atoms with Crippen LogP contribution in [0.5, 0.6) is 0 Å². The van der Waals surface area contributed by atoms with Crippen molar-refractivity contribution in [3.05, 3.63) is 65.5 Å². The SMILES string of the molecule is CC(C)(C)S(=O)N[C@@H](c1ccc(C(F)(F)F)cc1F)C(F)(F)S(=O)(=O)c1ccccc1. The van der Waals surface area contributed by atoms with Crippen LogP contribution in [0.15, 0.2) is 53.4 Å². The van der Waals surface area contributed by atoms with Crippen LogP contribution in [0.1, 0.15) is 37.9 Å². The van der Waals surface area contributed by atoms with E-state index in [1.165, 1.54) is 39.0 Å². The van der Waals surface area contributed by atoms with Gasteiger partial charge in [-0.25, -0.2) is 21.7 Å². The number of sulfone groups is 1. The molecule has 31 heavy (non-hydrogen) atoms. The molecule has 0 aromatic heterocycles. The molecule has 0 saturated heterocycles. The maximum Gasteiger partial charge on any atom is 0.416 e. The lowest BCUT2D eigenvalue weighted by Crippen LogP contribution is -2.47. The van der Waals surface area contributed by atoms with Crippen molar-refractivity contribution in [3.8, 4) is 0 Å². The molecule has 0 aliphatic rings. The first kappa shape index (κ1) is 25.3. The normalized spacial score (nSPS) is 15.5. The van der Waals surface area contributed by atoms with Crippen LogP contribution in [0, 0.1) is 5.82 Å². The minimum atomic E-state index is -5.45. The van der Waals surface area contributed by atoms with Crippen molar-refractivity contribution in [2.45, 2.75) is 47.9 Å². The van der Waals surface area contributed by atoms with Crippen molar-refractivity contribution in [1.82, 2.24) is 4.72 Å². The maximum absolute atomic E-state index is 15.3. The third-order valence-electron chi connectivity index (χ3n) is 4.17. The molecule has 2 atom stereocenters. The summed E-state index contributed by atoms with van der Waals surface area (Å²) in [5.41, 5.74) is -2.52. The molecule has 2 aromatic rings. The van der Waals surface area contributed by atoms with Crippen LogP contribution in [0.4, 0.5) is 26.3 Å². The molecule has 0 bridgehead atoms. The standard InChI is InChI=1S/C19H19F6NO3S2/c1-17(2,3)30(27)26-16(14-10-9-12(11-15(14)20)18(21,22)23)19(24,25)31(28,29)13-7-5-4-6-8-13/h4-11,16,26H,1-3H3/t16-,30?/m0/s1. The van der Waals surface area contributed by atoms with Gasteiger partial charge in [0.25, 0.3) is 0 Å². The zero-order valence-corrected chi connectivity index (χ0v) is 18.1. The summed E-state index contributed by atoms with van der Waals surface area (Å²) in [4.78, 5) is -0.791. The fourth-order valence-electron chi connectivity index (χ4n) is 2.45. The van der Waals surface area contributed by atoms with Crippen molar-refractivity contribution >= 4 is 20.8 Å². The first-order valence-corrected chi connectivity index (χ1v) is 11.3. The lowest BCUT2D eigenvalue weighted by Gasteiger charge is -2.30. The fourth-order valence-corrected chi connectivity index (χ4v) is 4.69. The number of hydrogen-bond donors (Lipinski definition) is 1. The van der Waals surface area contributed by atoms with E-state index in [4.69, 9.17) is 0 Å². The minimum Gasteiger partial charge on any atom is -0.242 e. The van der Waals surface area contributed by atoms with E-state index in [2.05, 4.69) is 0 Å². The smallest absolute Gasteiger partial charge is 0.242 e. The van der Waals surface area contributed by atoms with Crippen LogP contribution >= 0.6 is 0 Å². The molecule has 0 saturated carbocycles. The molecule has 2 rings (SSSR count). The van der Waals surface area contributed by atoms with Gasteiger partial charge < -0.3 is 0 Å². The Hall–Kier alpha value is -1.92. The van der Waals surface area contributed by atoms with Crippen LogP contribution in [0.3, 0.4) is 0 Å². The monoisotopic (exact) mass is 487 g/mol. The van der Waals surface area contributed by atoms with Gasteiger partial charge in [0.2, 0.25) is 9.84 Å². The summed E-state index contributed by atoms with van der Waals surface area (Å²) in [5, 5.41) is -4.77. The molecule has 0 aliphatic heterocycles. The topological polar surface area (TPSA) is 63.2 Å². The van der Waals surface area contributed by atoms with E-state index < -0.39 is 64.9 Å². The first-order chi connectivity index (χ1) is 14.0. The van der Waals surface area contributed by atoms with E-state index in [0.29, 0.717) is 12.1 Å². The molecule has 0 radical (unpaired) electrons. The Balaban J connectivity index is 2.68. The van der Waals surface area contributed by atoms with Crippen LogP contribution < -0.4 is 4.72 Å². The Morgan fingerprint density at radius 2 is 1.48 bits per heavy atom.